The van der Waals surface area contributed by atoms with Gasteiger partial charge in [-0.15, -0.1) is 0 Å². The third kappa shape index (κ3) is 2.31. The van der Waals surface area contributed by atoms with Crippen LogP contribution in [0.15, 0.2) is 23.9 Å². The molecule has 0 saturated carbocycles. The SMILES string of the molecule is CC(C)=CN1Cc2c(C=O)ccc3[nH]c(=S)n(c23)C[C@@H]1C. The van der Waals surface area contributed by atoms with Crippen LogP contribution in [0, 0.1) is 4.77 Å². The number of H-pyrrole nitrogens is 1. The normalized spacial score (nSPS) is 17.7. The molecule has 4 nitrogen and oxygen atoms in total. The Morgan fingerprint density at radius 2 is 2.19 bits per heavy atom. The van der Waals surface area contributed by atoms with Crippen LogP contribution in [0.4, 0.5) is 0 Å². The van der Waals surface area contributed by atoms with E-state index in [4.69, 9.17) is 12.2 Å². The van der Waals surface area contributed by atoms with Crippen molar-refractivity contribution in [1.29, 1.82) is 0 Å². The second-order valence-electron chi connectivity index (χ2n) is 5.92. The lowest BCUT2D eigenvalue weighted by Crippen LogP contribution is -2.30. The second-order valence-corrected chi connectivity index (χ2v) is 6.30. The molecule has 5 heteroatoms. The molecule has 110 valence electrons. The van der Waals surface area contributed by atoms with Crippen LogP contribution in [-0.2, 0) is 13.1 Å². The van der Waals surface area contributed by atoms with Crippen LogP contribution in [0.1, 0.15) is 36.7 Å². The highest BCUT2D eigenvalue weighted by atomic mass is 32.1. The molecular weight excluding hydrogens is 282 g/mol. The number of imidazole rings is 1. The summed E-state index contributed by atoms with van der Waals surface area (Å²) >= 11 is 5.45. The van der Waals surface area contributed by atoms with E-state index in [9.17, 15) is 4.79 Å². The summed E-state index contributed by atoms with van der Waals surface area (Å²) in [7, 11) is 0. The number of benzene rings is 1. The van der Waals surface area contributed by atoms with Crippen LogP contribution in [0.2, 0.25) is 0 Å². The Labute approximate surface area is 129 Å². The molecule has 0 spiro atoms. The molecule has 1 N–H and O–H groups in total. The van der Waals surface area contributed by atoms with Crippen molar-refractivity contribution in [2.45, 2.75) is 39.9 Å². The van der Waals surface area contributed by atoms with Gasteiger partial charge in [0.1, 0.15) is 6.29 Å². The maximum Gasteiger partial charge on any atom is 0.178 e. The minimum Gasteiger partial charge on any atom is -0.369 e. The van der Waals surface area contributed by atoms with E-state index in [1.54, 1.807) is 0 Å². The second kappa shape index (κ2) is 5.15. The molecular formula is C16H19N3OS. The Hall–Kier alpha value is -1.88. The summed E-state index contributed by atoms with van der Waals surface area (Å²) in [5.74, 6) is 0. The lowest BCUT2D eigenvalue weighted by Gasteiger charge is -2.26. The molecule has 1 aromatic carbocycles. The fourth-order valence-electron chi connectivity index (χ4n) is 3.01. The smallest absolute Gasteiger partial charge is 0.178 e. The number of aldehydes is 1. The van der Waals surface area contributed by atoms with Crippen molar-refractivity contribution >= 4 is 29.5 Å². The topological polar surface area (TPSA) is 41.0 Å². The number of nitrogens with zero attached hydrogens (tertiary/aromatic N) is 2. The van der Waals surface area contributed by atoms with Gasteiger partial charge in [0.15, 0.2) is 4.77 Å². The molecule has 3 rings (SSSR count). The predicted molar refractivity (Wildman–Crippen MR) is 86.9 cm³/mol. The fourth-order valence-corrected chi connectivity index (χ4v) is 3.28. The molecule has 21 heavy (non-hydrogen) atoms. The summed E-state index contributed by atoms with van der Waals surface area (Å²) in [5.41, 5.74) is 5.12. The van der Waals surface area contributed by atoms with Crippen molar-refractivity contribution < 1.29 is 4.79 Å². The average molecular weight is 301 g/mol. The van der Waals surface area contributed by atoms with Crippen LogP contribution in [0.5, 0.6) is 0 Å². The lowest BCUT2D eigenvalue weighted by atomic mass is 10.1. The van der Waals surface area contributed by atoms with Crippen LogP contribution >= 0.6 is 12.2 Å². The Kier molecular flexibility index (Phi) is 3.45. The van der Waals surface area contributed by atoms with Gasteiger partial charge < -0.3 is 14.5 Å². The predicted octanol–water partition coefficient (Wildman–Crippen LogP) is 3.64. The van der Waals surface area contributed by atoms with Gasteiger partial charge in [-0.1, -0.05) is 5.57 Å². The Balaban J connectivity index is 2.28. The third-order valence-electron chi connectivity index (χ3n) is 3.98. The summed E-state index contributed by atoms with van der Waals surface area (Å²) in [6, 6.07) is 4.13. The summed E-state index contributed by atoms with van der Waals surface area (Å²) in [6.45, 7) is 7.91. The summed E-state index contributed by atoms with van der Waals surface area (Å²) in [5, 5.41) is 0. The molecule has 0 radical (unpaired) electrons. The van der Waals surface area contributed by atoms with Gasteiger partial charge in [-0.25, -0.2) is 0 Å². The minimum atomic E-state index is 0.317. The highest BCUT2D eigenvalue weighted by Gasteiger charge is 2.23. The van der Waals surface area contributed by atoms with Crippen molar-refractivity contribution in [3.63, 3.8) is 0 Å². The molecule has 1 atom stereocenters. The van der Waals surface area contributed by atoms with Gasteiger partial charge in [0, 0.05) is 30.3 Å². The number of aromatic amines is 1. The monoisotopic (exact) mass is 301 g/mol. The van der Waals surface area contributed by atoms with Crippen molar-refractivity contribution in [3.8, 4) is 0 Å². The number of aromatic nitrogens is 2. The number of carbonyl (C=O) groups is 1. The van der Waals surface area contributed by atoms with Crippen LogP contribution in [0.3, 0.4) is 0 Å². The molecule has 0 bridgehead atoms. The standard InChI is InChI=1S/C16H19N3OS/c1-10(2)6-18-8-13-12(9-20)4-5-14-15(13)19(7-11(18)3)16(21)17-14/h4-6,9,11H,7-8H2,1-3H3,(H,17,21)/t11-/m0/s1. The van der Waals surface area contributed by atoms with Crippen molar-refractivity contribution in [3.05, 3.63) is 39.8 Å². The fraction of sp³-hybridized carbons (Fsp3) is 0.375. The van der Waals surface area contributed by atoms with Crippen molar-refractivity contribution in [2.24, 2.45) is 0 Å². The van der Waals surface area contributed by atoms with Crippen LogP contribution < -0.4 is 0 Å². The zero-order valence-electron chi connectivity index (χ0n) is 12.5. The Morgan fingerprint density at radius 1 is 1.43 bits per heavy atom. The molecule has 1 aromatic heterocycles. The first-order valence-electron chi connectivity index (χ1n) is 7.11. The van der Waals surface area contributed by atoms with Gasteiger partial charge in [0.05, 0.1) is 11.0 Å². The molecule has 0 saturated heterocycles. The van der Waals surface area contributed by atoms with Gasteiger partial charge >= 0.3 is 0 Å². The highest BCUT2D eigenvalue weighted by Crippen LogP contribution is 2.28. The van der Waals surface area contributed by atoms with Gasteiger partial charge in [0.25, 0.3) is 0 Å². The number of hydrogen-bond donors (Lipinski definition) is 1. The highest BCUT2D eigenvalue weighted by molar-refractivity contribution is 7.71. The Bertz CT molecular complexity index is 796. The van der Waals surface area contributed by atoms with Crippen LogP contribution in [0.25, 0.3) is 11.0 Å². The zero-order valence-corrected chi connectivity index (χ0v) is 13.3. The first-order valence-corrected chi connectivity index (χ1v) is 7.52. The van der Waals surface area contributed by atoms with E-state index in [0.29, 0.717) is 6.04 Å². The van der Waals surface area contributed by atoms with Crippen molar-refractivity contribution in [2.75, 3.05) is 0 Å². The third-order valence-corrected chi connectivity index (χ3v) is 4.30. The molecule has 1 aliphatic heterocycles. The van der Waals surface area contributed by atoms with Crippen LogP contribution in [-0.4, -0.2) is 26.8 Å². The first kappa shape index (κ1) is 14.1. The Morgan fingerprint density at radius 3 is 2.86 bits per heavy atom. The molecule has 1 aliphatic rings. The lowest BCUT2D eigenvalue weighted by molar-refractivity contribution is 0.112. The quantitative estimate of drug-likeness (QED) is 0.680. The van der Waals surface area contributed by atoms with Crippen molar-refractivity contribution in [1.82, 2.24) is 14.5 Å². The number of hydrogen-bond acceptors (Lipinski definition) is 3. The van der Waals surface area contributed by atoms with Gasteiger partial charge in [-0.05, 0) is 51.3 Å². The number of nitrogens with one attached hydrogen (secondary N) is 1. The van der Waals surface area contributed by atoms with Gasteiger partial charge in [-0.2, -0.15) is 0 Å². The maximum absolute atomic E-state index is 11.4. The number of carbonyl (C=O) groups excluding carboxylic acids is 1. The van der Waals surface area contributed by atoms with E-state index >= 15 is 0 Å². The van der Waals surface area contributed by atoms with E-state index in [1.807, 2.05) is 12.1 Å². The average Bonchev–Trinajstić information content (AvgIpc) is 2.65. The minimum absolute atomic E-state index is 0.317. The van der Waals surface area contributed by atoms with E-state index in [0.717, 1.165) is 46.3 Å². The maximum atomic E-state index is 11.4. The van der Waals surface area contributed by atoms with E-state index in [2.05, 4.69) is 41.4 Å². The molecule has 0 fully saturated rings. The summed E-state index contributed by atoms with van der Waals surface area (Å²) in [4.78, 5) is 16.9. The van der Waals surface area contributed by atoms with E-state index in [1.165, 1.54) is 5.57 Å². The number of rotatable bonds is 2. The first-order chi connectivity index (χ1) is 10.0. The molecule has 0 unspecified atom stereocenters. The molecule has 0 aliphatic carbocycles. The largest absolute Gasteiger partial charge is 0.369 e. The number of allylic oxidation sites excluding steroid dienone is 1. The summed E-state index contributed by atoms with van der Waals surface area (Å²) < 4.78 is 2.84. The van der Waals surface area contributed by atoms with E-state index in [-0.39, 0.29) is 0 Å². The van der Waals surface area contributed by atoms with E-state index < -0.39 is 0 Å². The zero-order chi connectivity index (χ0) is 15.1. The molecule has 2 aromatic rings. The van der Waals surface area contributed by atoms with Gasteiger partial charge in [0.2, 0.25) is 0 Å². The molecule has 0 amide bonds. The summed E-state index contributed by atoms with van der Waals surface area (Å²) in [6.07, 6.45) is 3.10. The van der Waals surface area contributed by atoms with Gasteiger partial charge in [-0.3, -0.25) is 4.79 Å². The molecule has 2 heterocycles.